The summed E-state index contributed by atoms with van der Waals surface area (Å²) >= 11 is 0. The molecule has 1 aromatic carbocycles. The molecule has 0 amide bonds. The SMILES string of the molecule is COc1cc(C(=O)OC2CCC2)cc(S(=O)(=O)Cl)c1OC. The van der Waals surface area contributed by atoms with Crippen LogP contribution in [0.2, 0.25) is 0 Å². The smallest absolute Gasteiger partial charge is 0.338 e. The quantitative estimate of drug-likeness (QED) is 0.607. The molecule has 0 atom stereocenters. The van der Waals surface area contributed by atoms with Crippen LogP contribution in [0.4, 0.5) is 0 Å². The summed E-state index contributed by atoms with van der Waals surface area (Å²) in [6.07, 6.45) is 2.55. The van der Waals surface area contributed by atoms with Crippen LogP contribution in [0.5, 0.6) is 11.5 Å². The summed E-state index contributed by atoms with van der Waals surface area (Å²) < 4.78 is 38.5. The minimum atomic E-state index is -4.09. The molecule has 1 aliphatic carbocycles. The highest BCUT2D eigenvalue weighted by Gasteiger charge is 2.27. The number of esters is 1. The highest BCUT2D eigenvalue weighted by atomic mass is 35.7. The van der Waals surface area contributed by atoms with Crippen LogP contribution in [-0.2, 0) is 13.8 Å². The van der Waals surface area contributed by atoms with Crippen molar-refractivity contribution >= 4 is 25.7 Å². The Morgan fingerprint density at radius 1 is 1.24 bits per heavy atom. The van der Waals surface area contributed by atoms with Crippen molar-refractivity contribution in [3.63, 3.8) is 0 Å². The number of ether oxygens (including phenoxy) is 3. The third-order valence-corrected chi connectivity index (χ3v) is 4.60. The number of carbonyl (C=O) groups excluding carboxylic acids is 1. The van der Waals surface area contributed by atoms with E-state index in [0.717, 1.165) is 25.3 Å². The normalized spacial score (nSPS) is 15.2. The number of benzene rings is 1. The van der Waals surface area contributed by atoms with Gasteiger partial charge in [-0.3, -0.25) is 0 Å². The largest absolute Gasteiger partial charge is 0.493 e. The molecular weight excluding hydrogens is 320 g/mol. The van der Waals surface area contributed by atoms with Gasteiger partial charge in [0.25, 0.3) is 9.05 Å². The maximum absolute atomic E-state index is 12.0. The van der Waals surface area contributed by atoms with Gasteiger partial charge in [0.05, 0.1) is 19.8 Å². The van der Waals surface area contributed by atoms with E-state index < -0.39 is 15.0 Å². The minimum Gasteiger partial charge on any atom is -0.493 e. The predicted octanol–water partition coefficient (Wildman–Crippen LogP) is 2.34. The molecule has 0 bridgehead atoms. The van der Waals surface area contributed by atoms with Crippen LogP contribution < -0.4 is 9.47 Å². The lowest BCUT2D eigenvalue weighted by Crippen LogP contribution is -2.25. The number of carbonyl (C=O) groups is 1. The second-order valence-corrected chi connectivity index (χ2v) is 7.14. The summed E-state index contributed by atoms with van der Waals surface area (Å²) in [4.78, 5) is 11.7. The summed E-state index contributed by atoms with van der Waals surface area (Å²) in [5.74, 6) is -0.560. The lowest BCUT2D eigenvalue weighted by molar-refractivity contribution is 0.00894. The van der Waals surface area contributed by atoms with E-state index in [0.29, 0.717) is 0 Å². The molecule has 0 radical (unpaired) electrons. The molecule has 8 heteroatoms. The van der Waals surface area contributed by atoms with E-state index in [1.54, 1.807) is 0 Å². The molecular formula is C13H15ClO6S. The number of hydrogen-bond acceptors (Lipinski definition) is 6. The lowest BCUT2D eigenvalue weighted by atomic mass is 9.96. The fourth-order valence-corrected chi connectivity index (χ4v) is 2.95. The minimum absolute atomic E-state index is 0.0484. The van der Waals surface area contributed by atoms with Crippen LogP contribution in [0.1, 0.15) is 29.6 Å². The second kappa shape index (κ2) is 6.11. The molecule has 0 N–H and O–H groups in total. The Labute approximate surface area is 127 Å². The Balaban J connectivity index is 2.44. The topological polar surface area (TPSA) is 78.9 Å². The van der Waals surface area contributed by atoms with Crippen molar-refractivity contribution in [3.8, 4) is 11.5 Å². The van der Waals surface area contributed by atoms with E-state index in [4.69, 9.17) is 24.9 Å². The van der Waals surface area contributed by atoms with Crippen molar-refractivity contribution in [1.82, 2.24) is 0 Å². The maximum atomic E-state index is 12.0. The highest BCUT2D eigenvalue weighted by Crippen LogP contribution is 2.37. The second-order valence-electron chi connectivity index (χ2n) is 4.61. The number of methoxy groups -OCH3 is 2. The Hall–Kier alpha value is -1.47. The van der Waals surface area contributed by atoms with Crippen LogP contribution in [0.25, 0.3) is 0 Å². The van der Waals surface area contributed by atoms with Gasteiger partial charge in [-0.25, -0.2) is 13.2 Å². The number of halogens is 1. The van der Waals surface area contributed by atoms with Crippen molar-refractivity contribution in [2.75, 3.05) is 14.2 Å². The fraction of sp³-hybridized carbons (Fsp3) is 0.462. The zero-order chi connectivity index (χ0) is 15.6. The van der Waals surface area contributed by atoms with Gasteiger partial charge in [0.1, 0.15) is 11.0 Å². The first-order chi connectivity index (χ1) is 9.86. The van der Waals surface area contributed by atoms with E-state index in [9.17, 15) is 13.2 Å². The molecule has 0 heterocycles. The van der Waals surface area contributed by atoms with Gasteiger partial charge >= 0.3 is 5.97 Å². The maximum Gasteiger partial charge on any atom is 0.338 e. The molecule has 0 aliphatic heterocycles. The third kappa shape index (κ3) is 3.41. The standard InChI is InChI=1S/C13H15ClO6S/c1-18-10-6-8(13(15)20-9-4-3-5-9)7-11(12(10)19-2)21(14,16)17/h6-7,9H,3-5H2,1-2H3. The molecule has 0 aromatic heterocycles. The van der Waals surface area contributed by atoms with Crippen LogP contribution >= 0.6 is 10.7 Å². The zero-order valence-electron chi connectivity index (χ0n) is 11.6. The molecule has 0 unspecified atom stereocenters. The zero-order valence-corrected chi connectivity index (χ0v) is 13.2. The van der Waals surface area contributed by atoms with Crippen molar-refractivity contribution in [2.45, 2.75) is 30.3 Å². The summed E-state index contributed by atoms with van der Waals surface area (Å²) in [6, 6.07) is 2.50. The molecule has 1 aliphatic rings. The van der Waals surface area contributed by atoms with Crippen LogP contribution in [0.15, 0.2) is 17.0 Å². The van der Waals surface area contributed by atoms with Gasteiger partial charge in [0.15, 0.2) is 11.5 Å². The fourth-order valence-electron chi connectivity index (χ4n) is 1.94. The van der Waals surface area contributed by atoms with Crippen molar-refractivity contribution in [2.24, 2.45) is 0 Å². The van der Waals surface area contributed by atoms with Crippen molar-refractivity contribution in [1.29, 1.82) is 0 Å². The van der Waals surface area contributed by atoms with Gasteiger partial charge in [-0.05, 0) is 31.4 Å². The Bertz CT molecular complexity index is 651. The third-order valence-electron chi connectivity index (χ3n) is 3.27. The number of hydrogen-bond donors (Lipinski definition) is 0. The molecule has 6 nitrogen and oxygen atoms in total. The van der Waals surface area contributed by atoms with Gasteiger partial charge in [-0.1, -0.05) is 0 Å². The van der Waals surface area contributed by atoms with Gasteiger partial charge in [0, 0.05) is 10.7 Å². The molecule has 21 heavy (non-hydrogen) atoms. The van der Waals surface area contributed by atoms with Crippen LogP contribution in [0.3, 0.4) is 0 Å². The monoisotopic (exact) mass is 334 g/mol. The summed E-state index contributed by atoms with van der Waals surface area (Å²) in [5, 5.41) is 0. The van der Waals surface area contributed by atoms with Gasteiger partial charge < -0.3 is 14.2 Å². The Kier molecular flexibility index (Phi) is 4.63. The van der Waals surface area contributed by atoms with E-state index in [2.05, 4.69) is 0 Å². The summed E-state index contributed by atoms with van der Waals surface area (Å²) in [5.41, 5.74) is 0.0544. The molecule has 0 spiro atoms. The molecule has 116 valence electrons. The van der Waals surface area contributed by atoms with Gasteiger partial charge in [-0.2, -0.15) is 0 Å². The molecule has 1 fully saturated rings. The predicted molar refractivity (Wildman–Crippen MR) is 75.6 cm³/mol. The summed E-state index contributed by atoms with van der Waals surface area (Å²) in [7, 11) is 3.91. The lowest BCUT2D eigenvalue weighted by Gasteiger charge is -2.25. The Morgan fingerprint density at radius 3 is 2.33 bits per heavy atom. The van der Waals surface area contributed by atoms with E-state index in [1.165, 1.54) is 20.3 Å². The highest BCUT2D eigenvalue weighted by molar-refractivity contribution is 8.13. The average Bonchev–Trinajstić information content (AvgIpc) is 2.39. The molecule has 2 rings (SSSR count). The van der Waals surface area contributed by atoms with Gasteiger partial charge in [0.2, 0.25) is 0 Å². The molecule has 1 aromatic rings. The van der Waals surface area contributed by atoms with E-state index >= 15 is 0 Å². The van der Waals surface area contributed by atoms with E-state index in [-0.39, 0.29) is 28.1 Å². The van der Waals surface area contributed by atoms with Crippen molar-refractivity contribution in [3.05, 3.63) is 17.7 Å². The van der Waals surface area contributed by atoms with E-state index in [1.807, 2.05) is 0 Å². The number of rotatable bonds is 5. The molecule has 0 saturated heterocycles. The van der Waals surface area contributed by atoms with Crippen LogP contribution in [-0.4, -0.2) is 34.7 Å². The first kappa shape index (κ1) is 15.9. The molecule has 1 saturated carbocycles. The first-order valence-corrected chi connectivity index (χ1v) is 8.59. The average molecular weight is 335 g/mol. The summed E-state index contributed by atoms with van der Waals surface area (Å²) in [6.45, 7) is 0. The van der Waals surface area contributed by atoms with Crippen LogP contribution in [0, 0.1) is 0 Å². The van der Waals surface area contributed by atoms with Crippen molar-refractivity contribution < 1.29 is 27.4 Å². The van der Waals surface area contributed by atoms with Gasteiger partial charge in [-0.15, -0.1) is 0 Å². The Morgan fingerprint density at radius 2 is 1.90 bits per heavy atom. The first-order valence-electron chi connectivity index (χ1n) is 6.28.